The second-order valence-corrected chi connectivity index (χ2v) is 6.49. The van der Waals surface area contributed by atoms with E-state index in [0.29, 0.717) is 11.8 Å². The lowest BCUT2D eigenvalue weighted by molar-refractivity contribution is -0.149. The molecule has 29 heavy (non-hydrogen) atoms. The highest BCUT2D eigenvalue weighted by Gasteiger charge is 2.15. The molecule has 0 radical (unpaired) electrons. The molecule has 164 valence electrons. The van der Waals surface area contributed by atoms with E-state index >= 15 is 0 Å². The molecule has 0 aromatic carbocycles. The van der Waals surface area contributed by atoms with Crippen molar-refractivity contribution in [2.45, 2.75) is 42.0 Å². The van der Waals surface area contributed by atoms with Gasteiger partial charge in [-0.2, -0.15) is 0 Å². The molecule has 0 aromatic heterocycles. The molecule has 0 aromatic rings. The highest BCUT2D eigenvalue weighted by molar-refractivity contribution is 8.16. The van der Waals surface area contributed by atoms with Gasteiger partial charge in [0.05, 0.1) is 6.61 Å². The molecule has 0 atom stereocenters. The Morgan fingerprint density at radius 2 is 1.17 bits per heavy atom. The summed E-state index contributed by atoms with van der Waals surface area (Å²) in [4.78, 5) is 63.7. The summed E-state index contributed by atoms with van der Waals surface area (Å²) in [5.41, 5.74) is 0. The van der Waals surface area contributed by atoms with Crippen LogP contribution < -0.4 is 0 Å². The summed E-state index contributed by atoms with van der Waals surface area (Å²) in [6, 6.07) is 0. The summed E-state index contributed by atoms with van der Waals surface area (Å²) >= 11 is 1.41. The highest BCUT2D eigenvalue weighted by Crippen LogP contribution is 2.11. The Hall–Kier alpha value is -2.60. The maximum absolute atomic E-state index is 11.2. The van der Waals surface area contributed by atoms with Gasteiger partial charge in [0.25, 0.3) is 0 Å². The third-order valence-corrected chi connectivity index (χ3v) is 3.19. The molecule has 0 spiro atoms. The highest BCUT2D eigenvalue weighted by atomic mass is 32.2. The van der Waals surface area contributed by atoms with Crippen LogP contribution >= 0.6 is 23.5 Å². The zero-order valence-corrected chi connectivity index (χ0v) is 17.4. The number of ether oxygens (including phenoxy) is 3. The maximum atomic E-state index is 11.2. The van der Waals surface area contributed by atoms with E-state index in [1.54, 1.807) is 6.92 Å². The first kappa shape index (κ1) is 31.1. The van der Waals surface area contributed by atoms with E-state index in [-0.39, 0.29) is 30.0 Å². The first-order valence-electron chi connectivity index (χ1n) is 7.42. The molecular weight excluding hydrogens is 428 g/mol. The van der Waals surface area contributed by atoms with E-state index in [4.69, 9.17) is 5.11 Å². The minimum Gasteiger partial charge on any atom is -0.475 e. The van der Waals surface area contributed by atoms with Gasteiger partial charge >= 0.3 is 23.9 Å². The molecule has 0 heterocycles. The number of carbonyl (C=O) groups is 6. The predicted molar refractivity (Wildman–Crippen MR) is 107 cm³/mol. The van der Waals surface area contributed by atoms with Crippen molar-refractivity contribution in [3.63, 3.8) is 0 Å². The van der Waals surface area contributed by atoms with E-state index < -0.39 is 29.6 Å². The standard InChI is InChI=1S/C9H12O5S.C7H8O5S.CH4/c1-4-13-9(12)8(14-6(2)10)5-15-7(3)11;1-4(8)12-6(7(10)11)3-13-5(2)9;/h5H,4H2,1-3H3;3H,1-2H3,(H,10,11);1H4/b8-5-;6-3-;. The number of hydrogen-bond acceptors (Lipinski definition) is 11. The van der Waals surface area contributed by atoms with E-state index in [1.165, 1.54) is 13.8 Å². The van der Waals surface area contributed by atoms with Crippen molar-refractivity contribution < 1.29 is 48.1 Å². The number of esters is 3. The first-order chi connectivity index (χ1) is 12.9. The van der Waals surface area contributed by atoms with Crippen LogP contribution in [0.25, 0.3) is 0 Å². The smallest absolute Gasteiger partial charge is 0.374 e. The average molecular weight is 453 g/mol. The van der Waals surface area contributed by atoms with Gasteiger partial charge in [-0.3, -0.25) is 19.2 Å². The predicted octanol–water partition coefficient (Wildman–Crippen LogP) is 2.63. The number of carboxylic acid groups (broad SMARTS) is 1. The summed E-state index contributed by atoms with van der Waals surface area (Å²) in [6.45, 7) is 6.64. The number of aliphatic carboxylic acids is 1. The fraction of sp³-hybridized carbons (Fsp3) is 0.412. The van der Waals surface area contributed by atoms with Crippen LogP contribution in [0.3, 0.4) is 0 Å². The second kappa shape index (κ2) is 17.5. The van der Waals surface area contributed by atoms with Gasteiger partial charge in [-0.15, -0.1) is 0 Å². The summed E-state index contributed by atoms with van der Waals surface area (Å²) in [5, 5.41) is 10.1. The maximum Gasteiger partial charge on any atom is 0.374 e. The molecule has 0 amide bonds. The fourth-order valence-electron chi connectivity index (χ4n) is 1.02. The molecule has 0 saturated carbocycles. The van der Waals surface area contributed by atoms with E-state index in [0.717, 1.165) is 36.4 Å². The normalized spacial score (nSPS) is 10.4. The first-order valence-corrected chi connectivity index (χ1v) is 9.18. The average Bonchev–Trinajstić information content (AvgIpc) is 2.54. The van der Waals surface area contributed by atoms with Crippen LogP contribution in [-0.4, -0.2) is 45.8 Å². The lowest BCUT2D eigenvalue weighted by Crippen LogP contribution is -2.12. The Morgan fingerprint density at radius 1 is 0.793 bits per heavy atom. The van der Waals surface area contributed by atoms with Crippen molar-refractivity contribution in [3.05, 3.63) is 22.3 Å². The fourth-order valence-corrected chi connectivity index (χ4v) is 1.86. The summed E-state index contributed by atoms with van der Waals surface area (Å²) in [6.07, 6.45) is 0. The summed E-state index contributed by atoms with van der Waals surface area (Å²) in [7, 11) is 0. The second-order valence-electron chi connectivity index (χ2n) is 4.40. The quantitative estimate of drug-likeness (QED) is 0.262. The van der Waals surface area contributed by atoms with E-state index in [1.807, 2.05) is 0 Å². The molecule has 0 bridgehead atoms. The van der Waals surface area contributed by atoms with Gasteiger partial charge in [0.2, 0.25) is 11.5 Å². The molecule has 0 unspecified atom stereocenters. The van der Waals surface area contributed by atoms with Crippen LogP contribution in [0.2, 0.25) is 0 Å². The lowest BCUT2D eigenvalue weighted by Gasteiger charge is -2.05. The minimum atomic E-state index is -1.39. The van der Waals surface area contributed by atoms with E-state index in [9.17, 15) is 28.8 Å². The Bertz CT molecular complexity index is 680. The molecule has 0 rings (SSSR count). The van der Waals surface area contributed by atoms with Gasteiger partial charge in [0.1, 0.15) is 0 Å². The molecule has 0 aliphatic carbocycles. The van der Waals surface area contributed by atoms with Crippen LogP contribution in [0.4, 0.5) is 0 Å². The third-order valence-electron chi connectivity index (χ3n) is 1.86. The van der Waals surface area contributed by atoms with Gasteiger partial charge in [0.15, 0.2) is 10.2 Å². The number of thioether (sulfide) groups is 2. The largest absolute Gasteiger partial charge is 0.475 e. The van der Waals surface area contributed by atoms with Crippen LogP contribution in [0.5, 0.6) is 0 Å². The molecule has 0 saturated heterocycles. The number of rotatable bonds is 7. The van der Waals surface area contributed by atoms with E-state index in [2.05, 4.69) is 14.2 Å². The van der Waals surface area contributed by atoms with Crippen LogP contribution in [0.15, 0.2) is 22.3 Å². The molecule has 10 nitrogen and oxygen atoms in total. The van der Waals surface area contributed by atoms with Gasteiger partial charge in [0, 0.05) is 38.5 Å². The topological polar surface area (TPSA) is 150 Å². The van der Waals surface area contributed by atoms with Gasteiger partial charge in [-0.25, -0.2) is 9.59 Å². The lowest BCUT2D eigenvalue weighted by atomic mass is 10.5. The Kier molecular flexibility index (Phi) is 18.8. The van der Waals surface area contributed by atoms with Gasteiger partial charge < -0.3 is 19.3 Å². The van der Waals surface area contributed by atoms with Crippen molar-refractivity contribution >= 4 is 57.6 Å². The molecule has 0 aliphatic rings. The van der Waals surface area contributed by atoms with Crippen molar-refractivity contribution in [2.24, 2.45) is 0 Å². The molecule has 0 fully saturated rings. The summed E-state index contributed by atoms with van der Waals surface area (Å²) in [5.74, 6) is -4.35. The zero-order valence-electron chi connectivity index (χ0n) is 15.8. The Balaban J connectivity index is -0.000000455. The van der Waals surface area contributed by atoms with Crippen molar-refractivity contribution in [3.8, 4) is 0 Å². The molecule has 12 heteroatoms. The Morgan fingerprint density at radius 3 is 1.48 bits per heavy atom. The number of carbonyl (C=O) groups excluding carboxylic acids is 5. The molecule has 1 N–H and O–H groups in total. The zero-order chi connectivity index (χ0) is 22.3. The van der Waals surface area contributed by atoms with Crippen LogP contribution in [0.1, 0.15) is 42.0 Å². The van der Waals surface area contributed by atoms with Crippen molar-refractivity contribution in [1.29, 1.82) is 0 Å². The Labute approximate surface area is 177 Å². The van der Waals surface area contributed by atoms with Crippen molar-refractivity contribution in [2.75, 3.05) is 6.61 Å². The number of hydrogen-bond donors (Lipinski definition) is 1. The molecular formula is C17H24O10S2. The monoisotopic (exact) mass is 452 g/mol. The van der Waals surface area contributed by atoms with Gasteiger partial charge in [-0.1, -0.05) is 31.0 Å². The van der Waals surface area contributed by atoms with Crippen LogP contribution in [-0.2, 0) is 43.0 Å². The minimum absolute atomic E-state index is 0. The van der Waals surface area contributed by atoms with Crippen LogP contribution in [0, 0.1) is 0 Å². The third kappa shape index (κ3) is 20.0. The van der Waals surface area contributed by atoms with Gasteiger partial charge in [-0.05, 0) is 6.92 Å². The van der Waals surface area contributed by atoms with Crippen molar-refractivity contribution in [1.82, 2.24) is 0 Å². The SMILES string of the molecule is C.CC(=O)O/C(=C\SC(C)=O)C(=O)O.CCOC(=O)/C(=C/SC(C)=O)OC(C)=O. The summed E-state index contributed by atoms with van der Waals surface area (Å²) < 4.78 is 13.5. The molecule has 0 aliphatic heterocycles. The number of carboxylic acids is 1.